The third-order valence-corrected chi connectivity index (χ3v) is 4.33. The van der Waals surface area contributed by atoms with Crippen molar-refractivity contribution in [3.63, 3.8) is 0 Å². The van der Waals surface area contributed by atoms with Gasteiger partial charge in [0.1, 0.15) is 0 Å². The maximum Gasteiger partial charge on any atom is 0.210 e. The predicted molar refractivity (Wildman–Crippen MR) is 50.3 cm³/mol. The molecule has 0 saturated carbocycles. The van der Waals surface area contributed by atoms with Gasteiger partial charge in [-0.3, -0.25) is 4.57 Å². The molecule has 0 spiro atoms. The molecule has 1 saturated heterocycles. The van der Waals surface area contributed by atoms with E-state index in [0.717, 1.165) is 0 Å². The fourth-order valence-electron chi connectivity index (χ4n) is 1.33. The molecule has 0 amide bonds. The van der Waals surface area contributed by atoms with Gasteiger partial charge >= 0.3 is 0 Å². The average molecular weight is 208 g/mol. The third-order valence-electron chi connectivity index (χ3n) is 1.88. The van der Waals surface area contributed by atoms with Crippen molar-refractivity contribution in [1.82, 2.24) is 0 Å². The smallest absolute Gasteiger partial charge is 0.210 e. The van der Waals surface area contributed by atoms with E-state index in [9.17, 15) is 4.57 Å². The summed E-state index contributed by atoms with van der Waals surface area (Å²) in [6.07, 6.45) is 0.579. The van der Waals surface area contributed by atoms with E-state index in [0.29, 0.717) is 32.1 Å². The summed E-state index contributed by atoms with van der Waals surface area (Å²) in [7, 11) is -2.45. The first-order chi connectivity index (χ1) is 6.20. The maximum atomic E-state index is 11.9. The molecule has 0 aromatic rings. The zero-order valence-electron chi connectivity index (χ0n) is 8.19. The van der Waals surface area contributed by atoms with Crippen molar-refractivity contribution in [2.75, 3.05) is 32.1 Å². The van der Waals surface area contributed by atoms with Crippen molar-refractivity contribution in [3.05, 3.63) is 0 Å². The van der Waals surface area contributed by atoms with Gasteiger partial charge in [0.25, 0.3) is 0 Å². The van der Waals surface area contributed by atoms with Crippen LogP contribution in [-0.2, 0) is 18.6 Å². The summed E-state index contributed by atoms with van der Waals surface area (Å²) in [5.41, 5.74) is 0. The minimum Gasteiger partial charge on any atom is -0.352 e. The van der Waals surface area contributed by atoms with Crippen LogP contribution in [0, 0.1) is 0 Å². The molecule has 1 aliphatic rings. The van der Waals surface area contributed by atoms with Crippen molar-refractivity contribution in [2.24, 2.45) is 0 Å². The molecule has 2 atom stereocenters. The lowest BCUT2D eigenvalue weighted by Crippen LogP contribution is -2.29. The van der Waals surface area contributed by atoms with Gasteiger partial charge in [-0.1, -0.05) is 0 Å². The Bertz CT molecular complexity index is 187. The number of ether oxygens (including phenoxy) is 2. The highest BCUT2D eigenvalue weighted by Gasteiger charge is 2.32. The van der Waals surface area contributed by atoms with Gasteiger partial charge in [0.05, 0.1) is 19.4 Å². The van der Waals surface area contributed by atoms with Crippen molar-refractivity contribution < 1.29 is 18.6 Å². The largest absolute Gasteiger partial charge is 0.352 e. The Morgan fingerprint density at radius 2 is 2.23 bits per heavy atom. The SMILES string of the molecule is CCOC1CP(=O)(OCC)CCO1. The molecule has 0 N–H and O–H groups in total. The van der Waals surface area contributed by atoms with Gasteiger partial charge in [-0.2, -0.15) is 0 Å². The Balaban J connectivity index is 2.45. The monoisotopic (exact) mass is 208 g/mol. The van der Waals surface area contributed by atoms with Crippen LogP contribution in [0.2, 0.25) is 0 Å². The van der Waals surface area contributed by atoms with E-state index in [1.54, 1.807) is 0 Å². The molecule has 2 unspecified atom stereocenters. The van der Waals surface area contributed by atoms with Crippen LogP contribution >= 0.6 is 7.37 Å². The second-order valence-corrected chi connectivity index (χ2v) is 5.59. The Kier molecular flexibility index (Phi) is 4.39. The lowest BCUT2D eigenvalue weighted by molar-refractivity contribution is -0.127. The first-order valence-corrected chi connectivity index (χ1v) is 6.65. The Morgan fingerprint density at radius 3 is 2.85 bits per heavy atom. The lowest BCUT2D eigenvalue weighted by atomic mass is 10.7. The summed E-state index contributed by atoms with van der Waals surface area (Å²) in [5.74, 6) is 0. The highest BCUT2D eigenvalue weighted by molar-refractivity contribution is 7.59. The molecule has 0 radical (unpaired) electrons. The third kappa shape index (κ3) is 3.39. The Morgan fingerprint density at radius 1 is 1.46 bits per heavy atom. The van der Waals surface area contributed by atoms with Crippen molar-refractivity contribution in [3.8, 4) is 0 Å². The summed E-state index contributed by atoms with van der Waals surface area (Å²) < 4.78 is 27.7. The Labute approximate surface area is 79.0 Å². The minimum atomic E-state index is -2.45. The maximum absolute atomic E-state index is 11.9. The summed E-state index contributed by atoms with van der Waals surface area (Å²) in [4.78, 5) is 0. The van der Waals surface area contributed by atoms with Crippen molar-refractivity contribution in [1.29, 1.82) is 0 Å². The van der Waals surface area contributed by atoms with E-state index < -0.39 is 7.37 Å². The van der Waals surface area contributed by atoms with E-state index in [4.69, 9.17) is 14.0 Å². The van der Waals surface area contributed by atoms with Gasteiger partial charge in [0.15, 0.2) is 6.29 Å². The van der Waals surface area contributed by atoms with Gasteiger partial charge in [0, 0.05) is 12.8 Å². The van der Waals surface area contributed by atoms with Crippen LogP contribution < -0.4 is 0 Å². The van der Waals surface area contributed by atoms with Crippen molar-refractivity contribution >= 4 is 7.37 Å². The van der Waals surface area contributed by atoms with Gasteiger partial charge < -0.3 is 14.0 Å². The molecule has 5 heteroatoms. The molecule has 0 aliphatic carbocycles. The van der Waals surface area contributed by atoms with E-state index in [1.807, 2.05) is 13.8 Å². The summed E-state index contributed by atoms with van der Waals surface area (Å²) >= 11 is 0. The molecule has 1 aliphatic heterocycles. The second kappa shape index (κ2) is 5.11. The number of rotatable bonds is 4. The highest BCUT2D eigenvalue weighted by Crippen LogP contribution is 2.49. The summed E-state index contributed by atoms with van der Waals surface area (Å²) in [6, 6.07) is 0. The molecule has 13 heavy (non-hydrogen) atoms. The van der Waals surface area contributed by atoms with Crippen LogP contribution in [0.15, 0.2) is 0 Å². The van der Waals surface area contributed by atoms with Crippen LogP contribution in [0.25, 0.3) is 0 Å². The van der Waals surface area contributed by atoms with E-state index >= 15 is 0 Å². The molecule has 4 nitrogen and oxygen atoms in total. The van der Waals surface area contributed by atoms with Gasteiger partial charge in [-0.15, -0.1) is 0 Å². The van der Waals surface area contributed by atoms with Gasteiger partial charge in [-0.05, 0) is 13.8 Å². The molecule has 78 valence electrons. The molecule has 1 fully saturated rings. The molecular formula is C8H17O4P. The van der Waals surface area contributed by atoms with Crippen LogP contribution in [-0.4, -0.2) is 38.4 Å². The van der Waals surface area contributed by atoms with E-state index in [1.165, 1.54) is 0 Å². The summed E-state index contributed by atoms with van der Waals surface area (Å²) in [6.45, 7) is 5.29. The zero-order chi connectivity index (χ0) is 9.73. The standard InChI is InChI=1S/C8H17O4P/c1-3-10-8-7-13(9,12-4-2)6-5-11-8/h8H,3-7H2,1-2H3. The van der Waals surface area contributed by atoms with Crippen molar-refractivity contribution in [2.45, 2.75) is 20.1 Å². The molecule has 0 aromatic carbocycles. The minimum absolute atomic E-state index is 0.337. The van der Waals surface area contributed by atoms with Crippen LogP contribution in [0.1, 0.15) is 13.8 Å². The highest BCUT2D eigenvalue weighted by atomic mass is 31.2. The lowest BCUT2D eigenvalue weighted by Gasteiger charge is -2.28. The first-order valence-electron chi connectivity index (χ1n) is 4.66. The van der Waals surface area contributed by atoms with Crippen LogP contribution in [0.3, 0.4) is 0 Å². The average Bonchev–Trinajstić information content (AvgIpc) is 2.04. The van der Waals surface area contributed by atoms with Gasteiger partial charge in [-0.25, -0.2) is 0 Å². The Hall–Kier alpha value is 0.110. The van der Waals surface area contributed by atoms with E-state index in [2.05, 4.69) is 0 Å². The number of hydrogen-bond donors (Lipinski definition) is 0. The second-order valence-electron chi connectivity index (χ2n) is 2.89. The zero-order valence-corrected chi connectivity index (χ0v) is 9.09. The molecule has 1 rings (SSSR count). The van der Waals surface area contributed by atoms with Gasteiger partial charge in [0.2, 0.25) is 7.37 Å². The predicted octanol–water partition coefficient (Wildman–Crippen LogP) is 1.69. The molecule has 1 heterocycles. The van der Waals surface area contributed by atoms with Crippen LogP contribution in [0.5, 0.6) is 0 Å². The fourth-order valence-corrected chi connectivity index (χ4v) is 3.27. The normalized spacial score (nSPS) is 34.8. The first kappa shape index (κ1) is 11.2. The number of hydrogen-bond acceptors (Lipinski definition) is 4. The van der Waals surface area contributed by atoms with E-state index in [-0.39, 0.29) is 6.29 Å². The molecule has 0 bridgehead atoms. The molecule has 0 aromatic heterocycles. The fraction of sp³-hybridized carbons (Fsp3) is 1.00. The molecular weight excluding hydrogens is 191 g/mol. The summed E-state index contributed by atoms with van der Waals surface area (Å²) in [5, 5.41) is 0. The quantitative estimate of drug-likeness (QED) is 0.659. The van der Waals surface area contributed by atoms with Crippen LogP contribution in [0.4, 0.5) is 0 Å². The topological polar surface area (TPSA) is 44.8 Å².